The lowest BCUT2D eigenvalue weighted by atomic mass is 10.0. The summed E-state index contributed by atoms with van der Waals surface area (Å²) < 4.78 is 5.78. The Kier molecular flexibility index (Phi) is 3.71. The first-order valence-electron chi connectivity index (χ1n) is 6.46. The minimum absolute atomic E-state index is 0.378. The molecule has 2 N–H and O–H groups in total. The van der Waals surface area contributed by atoms with Crippen molar-refractivity contribution in [2.75, 3.05) is 0 Å². The Balaban J connectivity index is 1.94. The summed E-state index contributed by atoms with van der Waals surface area (Å²) in [6.07, 6.45) is 0. The number of hydrogen-bond donors (Lipinski definition) is 1. The SMILES string of the molecule is C=C(O/C(=N\N)c1cccs1)c1cccc2ccccc12. The van der Waals surface area contributed by atoms with Gasteiger partial charge in [0.2, 0.25) is 0 Å². The number of thiophene rings is 1. The van der Waals surface area contributed by atoms with E-state index in [4.69, 9.17) is 10.6 Å². The number of fused-ring (bicyclic) bond motifs is 1. The van der Waals surface area contributed by atoms with Gasteiger partial charge < -0.3 is 10.6 Å². The number of ether oxygens (including phenoxy) is 1. The van der Waals surface area contributed by atoms with E-state index in [0.717, 1.165) is 21.2 Å². The van der Waals surface area contributed by atoms with Gasteiger partial charge in [0.15, 0.2) is 0 Å². The minimum Gasteiger partial charge on any atom is -0.437 e. The zero-order chi connectivity index (χ0) is 14.7. The minimum atomic E-state index is 0.378. The van der Waals surface area contributed by atoms with Crippen molar-refractivity contribution in [1.29, 1.82) is 0 Å². The topological polar surface area (TPSA) is 47.6 Å². The molecule has 104 valence electrons. The fourth-order valence-electron chi connectivity index (χ4n) is 2.18. The molecular weight excluding hydrogens is 280 g/mol. The maximum Gasteiger partial charge on any atom is 0.253 e. The van der Waals surface area contributed by atoms with Crippen LogP contribution in [0.25, 0.3) is 16.5 Å². The standard InChI is InChI=1S/C17H14N2OS/c1-12(20-17(19-18)16-10-5-11-21-16)14-9-4-7-13-6-2-3-8-15(13)14/h2-11H,1,18H2/b19-17-. The van der Waals surface area contributed by atoms with Gasteiger partial charge in [0.1, 0.15) is 5.76 Å². The summed E-state index contributed by atoms with van der Waals surface area (Å²) >= 11 is 1.52. The maximum absolute atomic E-state index is 5.78. The molecule has 0 bridgehead atoms. The molecule has 0 saturated carbocycles. The van der Waals surface area contributed by atoms with Crippen LogP contribution in [-0.2, 0) is 4.74 Å². The lowest BCUT2D eigenvalue weighted by molar-refractivity contribution is 0.510. The van der Waals surface area contributed by atoms with Crippen LogP contribution in [0.15, 0.2) is 71.7 Å². The molecule has 4 heteroatoms. The summed E-state index contributed by atoms with van der Waals surface area (Å²) in [6.45, 7) is 4.02. The second-order valence-corrected chi connectivity index (χ2v) is 5.41. The normalized spacial score (nSPS) is 11.5. The molecule has 0 atom stereocenters. The molecular formula is C17H14N2OS. The maximum atomic E-state index is 5.78. The lowest BCUT2D eigenvalue weighted by Crippen LogP contribution is -2.07. The van der Waals surface area contributed by atoms with Crippen LogP contribution < -0.4 is 5.84 Å². The molecule has 0 fully saturated rings. The van der Waals surface area contributed by atoms with E-state index >= 15 is 0 Å². The van der Waals surface area contributed by atoms with Gasteiger partial charge in [0.25, 0.3) is 5.90 Å². The zero-order valence-corrected chi connectivity index (χ0v) is 12.1. The molecule has 0 radical (unpaired) electrons. The van der Waals surface area contributed by atoms with Crippen molar-refractivity contribution >= 4 is 33.8 Å². The molecule has 0 aliphatic rings. The highest BCUT2D eigenvalue weighted by Crippen LogP contribution is 2.26. The molecule has 1 aromatic heterocycles. The fourth-order valence-corrected chi connectivity index (χ4v) is 2.84. The molecule has 0 aliphatic carbocycles. The van der Waals surface area contributed by atoms with Gasteiger partial charge in [-0.3, -0.25) is 0 Å². The quantitative estimate of drug-likeness (QED) is 0.259. The monoisotopic (exact) mass is 294 g/mol. The van der Waals surface area contributed by atoms with Crippen LogP contribution in [0.3, 0.4) is 0 Å². The highest BCUT2D eigenvalue weighted by atomic mass is 32.1. The molecule has 3 rings (SSSR count). The van der Waals surface area contributed by atoms with Crippen LogP contribution >= 0.6 is 11.3 Å². The molecule has 3 nitrogen and oxygen atoms in total. The van der Waals surface area contributed by atoms with Gasteiger partial charge in [-0.2, -0.15) is 0 Å². The summed E-state index contributed by atoms with van der Waals surface area (Å²) in [6, 6.07) is 18.0. The van der Waals surface area contributed by atoms with Crippen molar-refractivity contribution in [2.45, 2.75) is 0 Å². The number of rotatable bonds is 3. The fraction of sp³-hybridized carbons (Fsp3) is 0. The molecule has 21 heavy (non-hydrogen) atoms. The van der Waals surface area contributed by atoms with E-state index in [0.29, 0.717) is 11.7 Å². The third-order valence-corrected chi connectivity index (χ3v) is 4.02. The lowest BCUT2D eigenvalue weighted by Gasteiger charge is -2.11. The highest BCUT2D eigenvalue weighted by molar-refractivity contribution is 7.12. The van der Waals surface area contributed by atoms with Crippen LogP contribution in [-0.4, -0.2) is 5.90 Å². The second kappa shape index (κ2) is 5.81. The van der Waals surface area contributed by atoms with E-state index in [-0.39, 0.29) is 0 Å². The second-order valence-electron chi connectivity index (χ2n) is 4.46. The Bertz CT molecular complexity index is 801. The van der Waals surface area contributed by atoms with E-state index < -0.39 is 0 Å². The van der Waals surface area contributed by atoms with E-state index in [1.54, 1.807) is 0 Å². The van der Waals surface area contributed by atoms with Gasteiger partial charge in [-0.1, -0.05) is 55.1 Å². The number of nitrogens with two attached hydrogens (primary N) is 1. The van der Waals surface area contributed by atoms with Gasteiger partial charge in [-0.05, 0) is 22.2 Å². The summed E-state index contributed by atoms with van der Waals surface area (Å²) in [5.74, 6) is 6.34. The molecule has 3 aromatic rings. The van der Waals surface area contributed by atoms with Gasteiger partial charge in [0, 0.05) is 5.56 Å². The average Bonchev–Trinajstić information content (AvgIpc) is 3.06. The first-order chi connectivity index (χ1) is 10.3. The van der Waals surface area contributed by atoms with Crippen molar-refractivity contribution in [3.8, 4) is 0 Å². The Morgan fingerprint density at radius 3 is 2.62 bits per heavy atom. The largest absolute Gasteiger partial charge is 0.437 e. The van der Waals surface area contributed by atoms with Crippen LogP contribution in [0, 0.1) is 0 Å². The summed E-state index contributed by atoms with van der Waals surface area (Å²) in [5.41, 5.74) is 0.936. The molecule has 1 heterocycles. The van der Waals surface area contributed by atoms with Crippen molar-refractivity contribution in [1.82, 2.24) is 0 Å². The summed E-state index contributed by atoms with van der Waals surface area (Å²) in [7, 11) is 0. The Morgan fingerprint density at radius 1 is 1.05 bits per heavy atom. The van der Waals surface area contributed by atoms with Crippen LogP contribution in [0.5, 0.6) is 0 Å². The van der Waals surface area contributed by atoms with Gasteiger partial charge in [-0.25, -0.2) is 0 Å². The Morgan fingerprint density at radius 2 is 1.86 bits per heavy atom. The first-order valence-corrected chi connectivity index (χ1v) is 7.34. The third-order valence-electron chi connectivity index (χ3n) is 3.16. The zero-order valence-electron chi connectivity index (χ0n) is 11.3. The van der Waals surface area contributed by atoms with Crippen LogP contribution in [0.4, 0.5) is 0 Å². The van der Waals surface area contributed by atoms with Crippen molar-refractivity contribution in [2.24, 2.45) is 10.9 Å². The molecule has 0 aliphatic heterocycles. The number of hydrogen-bond acceptors (Lipinski definition) is 4. The predicted octanol–water partition coefficient (Wildman–Crippen LogP) is 4.21. The third kappa shape index (κ3) is 2.66. The van der Waals surface area contributed by atoms with Crippen molar-refractivity contribution in [3.63, 3.8) is 0 Å². The van der Waals surface area contributed by atoms with Crippen molar-refractivity contribution < 1.29 is 4.74 Å². The molecule has 0 amide bonds. The van der Waals surface area contributed by atoms with Gasteiger partial charge in [0.05, 0.1) is 4.88 Å². The van der Waals surface area contributed by atoms with Gasteiger partial charge >= 0.3 is 0 Å². The Labute approximate surface area is 127 Å². The first kappa shape index (κ1) is 13.4. The van der Waals surface area contributed by atoms with Crippen LogP contribution in [0.1, 0.15) is 10.4 Å². The van der Waals surface area contributed by atoms with E-state index in [1.807, 2.05) is 47.8 Å². The number of benzene rings is 2. The van der Waals surface area contributed by atoms with Gasteiger partial charge in [-0.15, -0.1) is 16.4 Å². The summed E-state index contributed by atoms with van der Waals surface area (Å²) in [5, 5.41) is 7.90. The van der Waals surface area contributed by atoms with E-state index in [9.17, 15) is 0 Å². The van der Waals surface area contributed by atoms with Crippen molar-refractivity contribution in [3.05, 3.63) is 77.0 Å². The summed E-state index contributed by atoms with van der Waals surface area (Å²) in [4.78, 5) is 0.874. The molecule has 0 unspecified atom stereocenters. The average molecular weight is 294 g/mol. The number of hydrazone groups is 1. The highest BCUT2D eigenvalue weighted by Gasteiger charge is 2.11. The smallest absolute Gasteiger partial charge is 0.253 e. The molecule has 0 spiro atoms. The predicted molar refractivity (Wildman–Crippen MR) is 89.1 cm³/mol. The molecule has 0 saturated heterocycles. The molecule has 2 aromatic carbocycles. The van der Waals surface area contributed by atoms with E-state index in [1.165, 1.54) is 11.3 Å². The van der Waals surface area contributed by atoms with Crippen LogP contribution in [0.2, 0.25) is 0 Å². The number of nitrogens with zero attached hydrogens (tertiary/aromatic N) is 1. The van der Waals surface area contributed by atoms with E-state index in [2.05, 4.69) is 23.8 Å². The Hall–Kier alpha value is -2.59.